The minimum atomic E-state index is 0.536. The molecule has 0 atom stereocenters. The van der Waals surface area contributed by atoms with E-state index in [0.717, 1.165) is 11.0 Å². The van der Waals surface area contributed by atoms with Gasteiger partial charge in [-0.05, 0) is 19.1 Å². The largest absolute Gasteiger partial charge is 0.383 e. The number of hydrogen-bond donors (Lipinski definition) is 2. The Labute approximate surface area is 113 Å². The molecular weight excluding hydrogens is 244 g/mol. The van der Waals surface area contributed by atoms with Crippen molar-refractivity contribution < 1.29 is 0 Å². The maximum absolute atomic E-state index is 5.79. The lowest BCUT2D eigenvalue weighted by atomic mass is 9.97. The Balaban J connectivity index is 2.00. The van der Waals surface area contributed by atoms with Gasteiger partial charge in [0.25, 0.3) is 0 Å². The van der Waals surface area contributed by atoms with Crippen LogP contribution in [-0.4, -0.2) is 22.3 Å². The van der Waals surface area contributed by atoms with E-state index in [1.54, 1.807) is 0 Å². The van der Waals surface area contributed by atoms with E-state index < -0.39 is 0 Å². The molecule has 2 rings (SSSR count). The van der Waals surface area contributed by atoms with Crippen molar-refractivity contribution in [3.8, 4) is 0 Å². The van der Waals surface area contributed by atoms with Gasteiger partial charge < -0.3 is 11.1 Å². The third-order valence-electron chi connectivity index (χ3n) is 3.37. The molecule has 1 aromatic heterocycles. The van der Waals surface area contributed by atoms with Crippen molar-refractivity contribution in [3.05, 3.63) is 6.07 Å². The number of hydrogen-bond acceptors (Lipinski definition) is 5. The molecule has 0 saturated heterocycles. The van der Waals surface area contributed by atoms with Gasteiger partial charge in [-0.1, -0.05) is 43.9 Å². The maximum atomic E-state index is 5.79. The molecule has 5 heteroatoms. The van der Waals surface area contributed by atoms with Crippen LogP contribution in [0.4, 0.5) is 11.6 Å². The van der Waals surface area contributed by atoms with Crippen LogP contribution in [0.2, 0.25) is 0 Å². The number of anilines is 2. The quantitative estimate of drug-likeness (QED) is 0.649. The third kappa shape index (κ3) is 4.05. The molecule has 0 bridgehead atoms. The second-order valence-corrected chi connectivity index (χ2v) is 5.62. The molecule has 18 heavy (non-hydrogen) atoms. The minimum Gasteiger partial charge on any atom is -0.383 e. The molecule has 1 aliphatic carbocycles. The van der Waals surface area contributed by atoms with Crippen molar-refractivity contribution in [2.45, 2.75) is 56.1 Å². The van der Waals surface area contributed by atoms with Gasteiger partial charge in [-0.3, -0.25) is 0 Å². The summed E-state index contributed by atoms with van der Waals surface area (Å²) in [6, 6.07) is 2.37. The van der Waals surface area contributed by atoms with Crippen LogP contribution in [0.1, 0.15) is 44.9 Å². The molecular formula is C13H22N4S. The fraction of sp³-hybridized carbons (Fsp3) is 0.692. The fourth-order valence-corrected chi connectivity index (χ4v) is 2.80. The molecule has 0 spiro atoms. The first kappa shape index (κ1) is 13.5. The Morgan fingerprint density at radius 3 is 2.50 bits per heavy atom. The van der Waals surface area contributed by atoms with Gasteiger partial charge in [-0.25, -0.2) is 9.97 Å². The Kier molecular flexibility index (Phi) is 5.11. The van der Waals surface area contributed by atoms with Gasteiger partial charge in [-0.15, -0.1) is 0 Å². The molecule has 1 fully saturated rings. The molecule has 100 valence electrons. The number of aromatic nitrogens is 2. The van der Waals surface area contributed by atoms with Gasteiger partial charge in [0, 0.05) is 12.1 Å². The molecule has 3 N–H and O–H groups in total. The molecule has 1 saturated carbocycles. The van der Waals surface area contributed by atoms with Crippen molar-refractivity contribution in [2.24, 2.45) is 0 Å². The molecule has 0 aliphatic heterocycles. The highest BCUT2D eigenvalue weighted by atomic mass is 32.2. The van der Waals surface area contributed by atoms with E-state index in [2.05, 4.69) is 15.3 Å². The van der Waals surface area contributed by atoms with E-state index in [-0.39, 0.29) is 0 Å². The third-order valence-corrected chi connectivity index (χ3v) is 3.91. The van der Waals surface area contributed by atoms with Crippen LogP contribution in [0, 0.1) is 0 Å². The molecule has 0 amide bonds. The normalized spacial score (nSPS) is 18.1. The van der Waals surface area contributed by atoms with Gasteiger partial charge in [-0.2, -0.15) is 0 Å². The van der Waals surface area contributed by atoms with Crippen LogP contribution in [0.15, 0.2) is 11.2 Å². The van der Waals surface area contributed by atoms with Gasteiger partial charge in [0.1, 0.15) is 11.6 Å². The summed E-state index contributed by atoms with van der Waals surface area (Å²) in [5.41, 5.74) is 5.79. The highest BCUT2D eigenvalue weighted by Crippen LogP contribution is 2.21. The Hall–Kier alpha value is -0.970. The Bertz CT molecular complexity index is 375. The molecule has 1 aromatic rings. The van der Waals surface area contributed by atoms with Crippen LogP contribution in [-0.2, 0) is 0 Å². The lowest BCUT2D eigenvalue weighted by Crippen LogP contribution is -2.21. The number of nitrogens with one attached hydrogen (secondary N) is 1. The van der Waals surface area contributed by atoms with E-state index in [4.69, 9.17) is 5.73 Å². The summed E-state index contributed by atoms with van der Waals surface area (Å²) in [6.07, 6.45) is 11.2. The summed E-state index contributed by atoms with van der Waals surface area (Å²) in [5.74, 6) is 1.42. The lowest BCUT2D eigenvalue weighted by Gasteiger charge is -2.21. The lowest BCUT2D eigenvalue weighted by molar-refractivity contribution is 0.470. The molecule has 4 nitrogen and oxygen atoms in total. The van der Waals surface area contributed by atoms with E-state index in [9.17, 15) is 0 Å². The van der Waals surface area contributed by atoms with Crippen molar-refractivity contribution in [1.29, 1.82) is 0 Å². The monoisotopic (exact) mass is 266 g/mol. The first-order valence-corrected chi connectivity index (χ1v) is 7.95. The first-order valence-electron chi connectivity index (χ1n) is 6.73. The van der Waals surface area contributed by atoms with Crippen LogP contribution in [0.3, 0.4) is 0 Å². The smallest absolute Gasteiger partial charge is 0.191 e. The van der Waals surface area contributed by atoms with Gasteiger partial charge in [0.05, 0.1) is 0 Å². The average Bonchev–Trinajstić information content (AvgIpc) is 2.31. The van der Waals surface area contributed by atoms with Crippen molar-refractivity contribution in [2.75, 3.05) is 17.3 Å². The summed E-state index contributed by atoms with van der Waals surface area (Å²) in [4.78, 5) is 8.63. The van der Waals surface area contributed by atoms with Crippen LogP contribution in [0.5, 0.6) is 0 Å². The molecule has 0 unspecified atom stereocenters. The summed E-state index contributed by atoms with van der Waals surface area (Å²) in [7, 11) is 0. The predicted octanol–water partition coefficient (Wildman–Crippen LogP) is 3.31. The number of nitrogen functional groups attached to an aromatic ring is 1. The summed E-state index contributed by atoms with van der Waals surface area (Å²) < 4.78 is 0. The standard InChI is InChI=1S/C13H22N4S/c1-18-13-16-11(14)9-12(17-13)15-10-7-5-3-2-4-6-8-10/h9-10H,2-8H2,1H3,(H3,14,15,16,17). The second kappa shape index (κ2) is 6.83. The molecule has 1 aliphatic rings. The highest BCUT2D eigenvalue weighted by molar-refractivity contribution is 7.98. The van der Waals surface area contributed by atoms with Gasteiger partial charge in [0.2, 0.25) is 0 Å². The van der Waals surface area contributed by atoms with Crippen molar-refractivity contribution in [3.63, 3.8) is 0 Å². The topological polar surface area (TPSA) is 63.8 Å². The van der Waals surface area contributed by atoms with Crippen LogP contribution in [0.25, 0.3) is 0 Å². The minimum absolute atomic E-state index is 0.536. The summed E-state index contributed by atoms with van der Waals surface area (Å²) in [6.45, 7) is 0. The maximum Gasteiger partial charge on any atom is 0.191 e. The first-order chi connectivity index (χ1) is 8.78. The highest BCUT2D eigenvalue weighted by Gasteiger charge is 2.12. The summed E-state index contributed by atoms with van der Waals surface area (Å²) >= 11 is 1.52. The zero-order valence-electron chi connectivity index (χ0n) is 11.0. The number of thioether (sulfide) groups is 1. The average molecular weight is 266 g/mol. The number of nitrogens with zero attached hydrogens (tertiary/aromatic N) is 2. The van der Waals surface area contributed by atoms with E-state index in [1.165, 1.54) is 56.7 Å². The van der Waals surface area contributed by atoms with E-state index in [1.807, 2.05) is 12.3 Å². The van der Waals surface area contributed by atoms with Gasteiger partial charge in [0.15, 0.2) is 5.16 Å². The number of rotatable bonds is 3. The van der Waals surface area contributed by atoms with Gasteiger partial charge >= 0.3 is 0 Å². The van der Waals surface area contributed by atoms with E-state index >= 15 is 0 Å². The van der Waals surface area contributed by atoms with Crippen LogP contribution < -0.4 is 11.1 Å². The van der Waals surface area contributed by atoms with Crippen molar-refractivity contribution >= 4 is 23.4 Å². The SMILES string of the molecule is CSc1nc(N)cc(NC2CCCCCCC2)n1. The Morgan fingerprint density at radius 2 is 1.83 bits per heavy atom. The van der Waals surface area contributed by atoms with E-state index in [0.29, 0.717) is 11.9 Å². The number of nitrogens with two attached hydrogens (primary N) is 1. The summed E-state index contributed by atoms with van der Waals surface area (Å²) in [5, 5.41) is 4.26. The zero-order valence-corrected chi connectivity index (χ0v) is 11.8. The van der Waals surface area contributed by atoms with Crippen molar-refractivity contribution in [1.82, 2.24) is 9.97 Å². The Morgan fingerprint density at radius 1 is 1.17 bits per heavy atom. The molecule has 0 aromatic carbocycles. The zero-order chi connectivity index (χ0) is 12.8. The molecule has 1 heterocycles. The fourth-order valence-electron chi connectivity index (χ4n) is 2.42. The molecule has 0 radical (unpaired) electrons. The second-order valence-electron chi connectivity index (χ2n) is 4.85. The van der Waals surface area contributed by atoms with Crippen LogP contribution >= 0.6 is 11.8 Å². The predicted molar refractivity (Wildman–Crippen MR) is 78.0 cm³/mol.